The first kappa shape index (κ1) is 16.8. The predicted octanol–water partition coefficient (Wildman–Crippen LogP) is 2.82. The highest BCUT2D eigenvalue weighted by Gasteiger charge is 2.41. The van der Waals surface area contributed by atoms with Gasteiger partial charge in [-0.15, -0.1) is 0 Å². The summed E-state index contributed by atoms with van der Waals surface area (Å²) in [6.07, 6.45) is 1.38. The van der Waals surface area contributed by atoms with Crippen molar-refractivity contribution >= 4 is 34.9 Å². The van der Waals surface area contributed by atoms with Crippen LogP contribution in [0.2, 0.25) is 0 Å². The maximum Gasteiger partial charge on any atom is 0.332 e. The lowest BCUT2D eigenvalue weighted by Crippen LogP contribution is -2.48. The van der Waals surface area contributed by atoms with Crippen LogP contribution in [0.15, 0.2) is 47.2 Å². The van der Waals surface area contributed by atoms with Crippen LogP contribution in [0.5, 0.6) is 0 Å². The minimum atomic E-state index is -0.260. The van der Waals surface area contributed by atoms with Crippen molar-refractivity contribution in [2.24, 2.45) is 0 Å². The van der Waals surface area contributed by atoms with Crippen molar-refractivity contribution < 1.29 is 14.4 Å². The highest BCUT2D eigenvalue weighted by atomic mass is 32.1. The number of hydrogen-bond donors (Lipinski definition) is 0. The Hall–Kier alpha value is -2.67. The van der Waals surface area contributed by atoms with E-state index >= 15 is 0 Å². The van der Waals surface area contributed by atoms with Crippen molar-refractivity contribution in [1.82, 2.24) is 9.80 Å². The molecule has 2 aliphatic heterocycles. The molecular formula is C19H19N3O3S. The molecule has 0 unspecified atom stereocenters. The molecular weight excluding hydrogens is 350 g/mol. The van der Waals surface area contributed by atoms with E-state index in [1.165, 1.54) is 16.2 Å². The average Bonchev–Trinajstić information content (AvgIpc) is 3.30. The Balaban J connectivity index is 1.41. The smallest absolute Gasteiger partial charge is 0.332 e. The van der Waals surface area contributed by atoms with E-state index in [1.54, 1.807) is 17.0 Å². The Morgan fingerprint density at radius 1 is 1.04 bits per heavy atom. The van der Waals surface area contributed by atoms with Gasteiger partial charge in [-0.25, -0.2) is 9.69 Å². The summed E-state index contributed by atoms with van der Waals surface area (Å²) >= 11 is 1.51. The molecule has 6 nitrogen and oxygen atoms in total. The molecule has 2 fully saturated rings. The monoisotopic (exact) mass is 369 g/mol. The number of carbonyl (C=O) groups is 3. The number of likely N-dealkylation sites (tertiary alicyclic amines) is 1. The summed E-state index contributed by atoms with van der Waals surface area (Å²) < 4.78 is 0. The van der Waals surface area contributed by atoms with Crippen molar-refractivity contribution in [3.8, 4) is 0 Å². The van der Waals surface area contributed by atoms with E-state index in [1.807, 2.05) is 39.9 Å². The van der Waals surface area contributed by atoms with Crippen LogP contribution in [0.1, 0.15) is 23.2 Å². The van der Waals surface area contributed by atoms with Gasteiger partial charge in [0.1, 0.15) is 6.54 Å². The molecule has 1 aromatic heterocycles. The highest BCUT2D eigenvalue weighted by Crippen LogP contribution is 2.26. The number of para-hydroxylation sites is 1. The van der Waals surface area contributed by atoms with Crippen LogP contribution in [0.3, 0.4) is 0 Å². The van der Waals surface area contributed by atoms with Crippen LogP contribution in [-0.2, 0) is 4.79 Å². The first-order valence-corrected chi connectivity index (χ1v) is 9.59. The summed E-state index contributed by atoms with van der Waals surface area (Å²) in [5, 5.41) is 3.75. The van der Waals surface area contributed by atoms with Gasteiger partial charge in [-0.1, -0.05) is 18.2 Å². The third kappa shape index (κ3) is 2.99. The fourth-order valence-corrected chi connectivity index (χ4v) is 4.22. The number of nitrogens with zero attached hydrogens (tertiary/aromatic N) is 3. The zero-order chi connectivity index (χ0) is 18.1. The summed E-state index contributed by atoms with van der Waals surface area (Å²) in [5.74, 6) is -0.155. The van der Waals surface area contributed by atoms with Gasteiger partial charge in [0, 0.05) is 24.5 Å². The summed E-state index contributed by atoms with van der Waals surface area (Å²) in [6, 6.07) is 10.6. The van der Waals surface area contributed by atoms with Crippen LogP contribution >= 0.6 is 11.3 Å². The van der Waals surface area contributed by atoms with Crippen molar-refractivity contribution in [2.45, 2.75) is 18.9 Å². The van der Waals surface area contributed by atoms with E-state index in [0.717, 1.165) is 5.56 Å². The lowest BCUT2D eigenvalue weighted by atomic mass is 10.0. The fraction of sp³-hybridized carbons (Fsp3) is 0.316. The van der Waals surface area contributed by atoms with Crippen molar-refractivity contribution in [1.29, 1.82) is 0 Å². The second-order valence-electron chi connectivity index (χ2n) is 6.51. The molecule has 0 radical (unpaired) electrons. The molecule has 0 N–H and O–H groups in total. The Labute approximate surface area is 155 Å². The number of rotatable bonds is 3. The Kier molecular flexibility index (Phi) is 4.46. The van der Waals surface area contributed by atoms with Crippen LogP contribution < -0.4 is 4.90 Å². The molecule has 0 spiro atoms. The number of carbonyl (C=O) groups excluding carboxylic acids is 3. The molecule has 0 aliphatic carbocycles. The van der Waals surface area contributed by atoms with Gasteiger partial charge in [0.15, 0.2) is 0 Å². The van der Waals surface area contributed by atoms with E-state index in [2.05, 4.69) is 0 Å². The maximum absolute atomic E-state index is 12.8. The van der Waals surface area contributed by atoms with Gasteiger partial charge in [0.2, 0.25) is 0 Å². The number of urea groups is 1. The highest BCUT2D eigenvalue weighted by molar-refractivity contribution is 7.08. The number of thiophene rings is 1. The molecule has 2 aliphatic rings. The summed E-state index contributed by atoms with van der Waals surface area (Å²) in [5.41, 5.74) is 1.33. The summed E-state index contributed by atoms with van der Waals surface area (Å²) in [4.78, 5) is 42.3. The molecule has 4 rings (SSSR count). The topological polar surface area (TPSA) is 60.9 Å². The molecule has 2 aromatic rings. The molecule has 1 aromatic carbocycles. The minimum Gasteiger partial charge on any atom is -0.338 e. The van der Waals surface area contributed by atoms with E-state index in [4.69, 9.17) is 0 Å². The van der Waals surface area contributed by atoms with Crippen LogP contribution in [0.25, 0.3) is 0 Å². The number of amides is 4. The number of hydrogen-bond acceptors (Lipinski definition) is 4. The SMILES string of the molecule is O=C(c1ccsc1)N1CCC(N2CC(=O)N(c3ccccc3)C2=O)CC1. The van der Waals surface area contributed by atoms with E-state index in [9.17, 15) is 14.4 Å². The Bertz CT molecular complexity index is 814. The summed E-state index contributed by atoms with van der Waals surface area (Å²) in [7, 11) is 0. The van der Waals surface area contributed by atoms with Crippen LogP contribution in [0.4, 0.5) is 10.5 Å². The summed E-state index contributed by atoms with van der Waals surface area (Å²) in [6.45, 7) is 1.31. The second kappa shape index (κ2) is 6.92. The predicted molar refractivity (Wildman–Crippen MR) is 99.3 cm³/mol. The lowest BCUT2D eigenvalue weighted by molar-refractivity contribution is -0.116. The normalized spacial score (nSPS) is 18.7. The first-order valence-electron chi connectivity index (χ1n) is 8.65. The number of anilines is 1. The van der Waals surface area contributed by atoms with Gasteiger partial charge in [-0.2, -0.15) is 11.3 Å². The van der Waals surface area contributed by atoms with E-state index in [-0.39, 0.29) is 30.4 Å². The lowest BCUT2D eigenvalue weighted by Gasteiger charge is -2.36. The molecule has 2 saturated heterocycles. The Morgan fingerprint density at radius 2 is 1.77 bits per heavy atom. The number of benzene rings is 1. The average molecular weight is 369 g/mol. The van der Waals surface area contributed by atoms with E-state index in [0.29, 0.717) is 31.6 Å². The second-order valence-corrected chi connectivity index (χ2v) is 7.29. The third-order valence-corrected chi connectivity index (χ3v) is 5.65. The van der Waals surface area contributed by atoms with Gasteiger partial charge in [-0.05, 0) is 36.4 Å². The quantitative estimate of drug-likeness (QED) is 0.782. The van der Waals surface area contributed by atoms with E-state index < -0.39 is 0 Å². The Morgan fingerprint density at radius 3 is 2.42 bits per heavy atom. The van der Waals surface area contributed by atoms with Gasteiger partial charge < -0.3 is 9.80 Å². The standard InChI is InChI=1S/C19H19N3O3S/c23-17-12-21(19(25)22(17)16-4-2-1-3-5-16)15-6-9-20(10-7-15)18(24)14-8-11-26-13-14/h1-5,8,11,13,15H,6-7,9-10,12H2. The molecule has 26 heavy (non-hydrogen) atoms. The largest absolute Gasteiger partial charge is 0.338 e. The van der Waals surface area contributed by atoms with Crippen molar-refractivity contribution in [3.05, 3.63) is 52.7 Å². The van der Waals surface area contributed by atoms with Gasteiger partial charge >= 0.3 is 6.03 Å². The molecule has 0 bridgehead atoms. The molecule has 7 heteroatoms. The molecule has 0 saturated carbocycles. The third-order valence-electron chi connectivity index (χ3n) is 4.97. The maximum atomic E-state index is 12.8. The zero-order valence-electron chi connectivity index (χ0n) is 14.2. The van der Waals surface area contributed by atoms with Crippen molar-refractivity contribution in [3.63, 3.8) is 0 Å². The van der Waals surface area contributed by atoms with Crippen LogP contribution in [-0.4, -0.2) is 53.3 Å². The van der Waals surface area contributed by atoms with Crippen LogP contribution in [0, 0.1) is 0 Å². The number of imide groups is 1. The minimum absolute atomic E-state index is 0.00770. The fourth-order valence-electron chi connectivity index (χ4n) is 3.59. The molecule has 0 atom stereocenters. The number of piperidine rings is 1. The molecule has 134 valence electrons. The van der Waals surface area contributed by atoms with Gasteiger partial charge in [0.05, 0.1) is 11.3 Å². The van der Waals surface area contributed by atoms with Crippen molar-refractivity contribution in [2.75, 3.05) is 24.5 Å². The zero-order valence-corrected chi connectivity index (χ0v) is 15.0. The first-order chi connectivity index (χ1) is 12.6. The van der Waals surface area contributed by atoms with Gasteiger partial charge in [0.25, 0.3) is 11.8 Å². The molecule has 3 heterocycles. The van der Waals surface area contributed by atoms with Gasteiger partial charge in [-0.3, -0.25) is 9.59 Å². The molecule has 4 amide bonds.